The van der Waals surface area contributed by atoms with Gasteiger partial charge < -0.3 is 19.5 Å². The number of rotatable bonds is 6. The summed E-state index contributed by atoms with van der Waals surface area (Å²) in [5.74, 6) is 1.95. The summed E-state index contributed by atoms with van der Waals surface area (Å²) in [5, 5.41) is 3.51. The molecule has 2 aliphatic rings. The van der Waals surface area contributed by atoms with Crippen LogP contribution in [0.25, 0.3) is 0 Å². The molecule has 0 spiro atoms. The molecule has 1 fully saturated rings. The maximum atomic E-state index is 5.84. The van der Waals surface area contributed by atoms with Crippen LogP contribution in [0.3, 0.4) is 0 Å². The summed E-state index contributed by atoms with van der Waals surface area (Å²) < 4.78 is 17.0. The van der Waals surface area contributed by atoms with Crippen molar-refractivity contribution in [2.45, 2.75) is 50.9 Å². The molecule has 0 aromatic heterocycles. The molecule has 1 N–H and O–H groups in total. The molecule has 1 aromatic carbocycles. The first kappa shape index (κ1) is 14.7. The number of benzene rings is 1. The second-order valence-electron chi connectivity index (χ2n) is 6.25. The molecule has 1 aliphatic heterocycles. The van der Waals surface area contributed by atoms with E-state index in [2.05, 4.69) is 24.4 Å². The Bertz CT molecular complexity index is 505. The highest BCUT2D eigenvalue weighted by atomic mass is 16.5. The van der Waals surface area contributed by atoms with Gasteiger partial charge in [-0.15, -0.1) is 0 Å². The van der Waals surface area contributed by atoms with Crippen LogP contribution < -0.4 is 14.8 Å². The van der Waals surface area contributed by atoms with Gasteiger partial charge >= 0.3 is 0 Å². The van der Waals surface area contributed by atoms with E-state index < -0.39 is 0 Å². The van der Waals surface area contributed by atoms with Gasteiger partial charge in [-0.05, 0) is 38.3 Å². The minimum absolute atomic E-state index is 0.0506. The first-order chi connectivity index (χ1) is 10.2. The molecule has 0 bridgehead atoms. The molecule has 4 heteroatoms. The highest BCUT2D eigenvalue weighted by Crippen LogP contribution is 2.36. The second kappa shape index (κ2) is 5.85. The Balaban J connectivity index is 1.66. The molecule has 4 nitrogen and oxygen atoms in total. The van der Waals surface area contributed by atoms with Gasteiger partial charge in [0.15, 0.2) is 0 Å². The summed E-state index contributed by atoms with van der Waals surface area (Å²) in [6.07, 6.45) is 4.80. The molecule has 1 heterocycles. The molecule has 21 heavy (non-hydrogen) atoms. The Kier molecular flexibility index (Phi) is 4.09. The molecular formula is C17H25NO3. The van der Waals surface area contributed by atoms with E-state index in [0.29, 0.717) is 0 Å². The van der Waals surface area contributed by atoms with Gasteiger partial charge in [-0.2, -0.15) is 0 Å². The van der Waals surface area contributed by atoms with E-state index >= 15 is 0 Å². The Morgan fingerprint density at radius 1 is 1.33 bits per heavy atom. The molecule has 1 unspecified atom stereocenters. The van der Waals surface area contributed by atoms with Crippen molar-refractivity contribution < 1.29 is 14.2 Å². The predicted molar refractivity (Wildman–Crippen MR) is 82.1 cm³/mol. The van der Waals surface area contributed by atoms with E-state index in [-0.39, 0.29) is 11.7 Å². The number of hydrogen-bond donors (Lipinski definition) is 1. The SMILES string of the molecule is COc1cc2c(cc1CNCC1(OC)CCC1)OC(C)C2. The molecule has 1 aliphatic carbocycles. The minimum atomic E-state index is 0.0506. The Hall–Kier alpha value is -1.26. The van der Waals surface area contributed by atoms with Gasteiger partial charge in [0.05, 0.1) is 12.7 Å². The number of nitrogens with one attached hydrogen (secondary N) is 1. The van der Waals surface area contributed by atoms with Crippen molar-refractivity contribution in [2.75, 3.05) is 20.8 Å². The lowest BCUT2D eigenvalue weighted by Gasteiger charge is -2.40. The van der Waals surface area contributed by atoms with E-state index in [4.69, 9.17) is 14.2 Å². The van der Waals surface area contributed by atoms with Gasteiger partial charge in [-0.25, -0.2) is 0 Å². The highest BCUT2D eigenvalue weighted by Gasteiger charge is 2.36. The number of hydrogen-bond acceptors (Lipinski definition) is 4. The van der Waals surface area contributed by atoms with Crippen LogP contribution in [0.2, 0.25) is 0 Å². The van der Waals surface area contributed by atoms with E-state index in [1.165, 1.54) is 12.0 Å². The molecule has 0 amide bonds. The number of fused-ring (bicyclic) bond motifs is 1. The lowest BCUT2D eigenvalue weighted by atomic mass is 9.80. The summed E-state index contributed by atoms with van der Waals surface area (Å²) in [5.41, 5.74) is 2.45. The second-order valence-corrected chi connectivity index (χ2v) is 6.25. The van der Waals surface area contributed by atoms with E-state index in [0.717, 1.165) is 49.4 Å². The average molecular weight is 291 g/mol. The third-order valence-electron chi connectivity index (χ3n) is 4.76. The van der Waals surface area contributed by atoms with Crippen LogP contribution in [-0.4, -0.2) is 32.5 Å². The van der Waals surface area contributed by atoms with Gasteiger partial charge in [0.1, 0.15) is 17.6 Å². The fourth-order valence-electron chi connectivity index (χ4n) is 3.26. The molecule has 1 aromatic rings. The maximum Gasteiger partial charge on any atom is 0.123 e. The normalized spacial score (nSPS) is 22.3. The quantitative estimate of drug-likeness (QED) is 0.875. The average Bonchev–Trinajstić information content (AvgIpc) is 2.79. The van der Waals surface area contributed by atoms with Gasteiger partial charge in [0.2, 0.25) is 0 Å². The van der Waals surface area contributed by atoms with Crippen LogP contribution in [0.15, 0.2) is 12.1 Å². The van der Waals surface area contributed by atoms with Gasteiger partial charge in [-0.3, -0.25) is 0 Å². The Labute approximate surface area is 126 Å². The molecule has 0 radical (unpaired) electrons. The van der Waals surface area contributed by atoms with Crippen LogP contribution in [0.4, 0.5) is 0 Å². The molecule has 0 saturated heterocycles. The smallest absolute Gasteiger partial charge is 0.123 e. The zero-order valence-corrected chi connectivity index (χ0v) is 13.2. The van der Waals surface area contributed by atoms with Crippen molar-refractivity contribution in [1.29, 1.82) is 0 Å². The molecule has 116 valence electrons. The van der Waals surface area contributed by atoms with Crippen LogP contribution in [-0.2, 0) is 17.7 Å². The topological polar surface area (TPSA) is 39.7 Å². The van der Waals surface area contributed by atoms with Crippen LogP contribution >= 0.6 is 0 Å². The first-order valence-electron chi connectivity index (χ1n) is 7.78. The summed E-state index contributed by atoms with van der Waals surface area (Å²) in [7, 11) is 3.54. The van der Waals surface area contributed by atoms with E-state index in [9.17, 15) is 0 Å². The Morgan fingerprint density at radius 2 is 2.14 bits per heavy atom. The lowest BCUT2D eigenvalue weighted by molar-refractivity contribution is -0.0695. The molecular weight excluding hydrogens is 266 g/mol. The van der Waals surface area contributed by atoms with Crippen molar-refractivity contribution >= 4 is 0 Å². The van der Waals surface area contributed by atoms with Crippen LogP contribution in [0, 0.1) is 0 Å². The summed E-state index contributed by atoms with van der Waals surface area (Å²) >= 11 is 0. The third kappa shape index (κ3) is 2.87. The van der Waals surface area contributed by atoms with Crippen LogP contribution in [0.1, 0.15) is 37.3 Å². The largest absolute Gasteiger partial charge is 0.496 e. The van der Waals surface area contributed by atoms with Crippen molar-refractivity contribution in [3.8, 4) is 11.5 Å². The van der Waals surface area contributed by atoms with Crippen molar-refractivity contribution in [1.82, 2.24) is 5.32 Å². The van der Waals surface area contributed by atoms with Gasteiger partial charge in [0, 0.05) is 37.7 Å². The first-order valence-corrected chi connectivity index (χ1v) is 7.78. The Morgan fingerprint density at radius 3 is 2.76 bits per heavy atom. The van der Waals surface area contributed by atoms with Crippen molar-refractivity contribution in [3.05, 3.63) is 23.3 Å². The zero-order chi connectivity index (χ0) is 14.9. The number of ether oxygens (including phenoxy) is 3. The van der Waals surface area contributed by atoms with E-state index in [1.807, 2.05) is 7.11 Å². The summed E-state index contributed by atoms with van der Waals surface area (Å²) in [4.78, 5) is 0. The standard InChI is InChI=1S/C17H25NO3/c1-12-7-13-8-15(19-2)14(9-16(13)21-12)10-18-11-17(20-3)5-4-6-17/h8-9,12,18H,4-7,10-11H2,1-3H3. The van der Waals surface area contributed by atoms with Crippen molar-refractivity contribution in [3.63, 3.8) is 0 Å². The summed E-state index contributed by atoms with van der Waals surface area (Å²) in [6, 6.07) is 4.23. The predicted octanol–water partition coefficient (Wildman–Crippen LogP) is 2.68. The maximum absolute atomic E-state index is 5.84. The lowest BCUT2D eigenvalue weighted by Crippen LogP contribution is -2.47. The minimum Gasteiger partial charge on any atom is -0.496 e. The van der Waals surface area contributed by atoms with Crippen molar-refractivity contribution in [2.24, 2.45) is 0 Å². The highest BCUT2D eigenvalue weighted by molar-refractivity contribution is 5.48. The fraction of sp³-hybridized carbons (Fsp3) is 0.647. The third-order valence-corrected chi connectivity index (χ3v) is 4.76. The summed E-state index contributed by atoms with van der Waals surface area (Å²) in [6.45, 7) is 3.77. The van der Waals surface area contributed by atoms with Gasteiger partial charge in [-0.1, -0.05) is 0 Å². The fourth-order valence-corrected chi connectivity index (χ4v) is 3.26. The molecule has 1 saturated carbocycles. The molecule has 1 atom stereocenters. The van der Waals surface area contributed by atoms with Crippen LogP contribution in [0.5, 0.6) is 11.5 Å². The van der Waals surface area contributed by atoms with Gasteiger partial charge in [0.25, 0.3) is 0 Å². The molecule has 3 rings (SSSR count). The van der Waals surface area contributed by atoms with E-state index in [1.54, 1.807) is 7.11 Å². The monoisotopic (exact) mass is 291 g/mol. The zero-order valence-electron chi connectivity index (χ0n) is 13.2. The number of methoxy groups -OCH3 is 2.